The van der Waals surface area contributed by atoms with Gasteiger partial charge in [0.1, 0.15) is 11.5 Å². The number of amides is 1. The number of ether oxygens (including phenoxy) is 1. The van der Waals surface area contributed by atoms with Crippen LogP contribution in [0, 0.1) is 6.92 Å². The van der Waals surface area contributed by atoms with Gasteiger partial charge >= 0.3 is 0 Å². The molecule has 1 heterocycles. The van der Waals surface area contributed by atoms with Crippen LogP contribution in [0.5, 0.6) is 5.75 Å². The summed E-state index contributed by atoms with van der Waals surface area (Å²) in [5, 5.41) is 3.41. The van der Waals surface area contributed by atoms with Gasteiger partial charge in [-0.1, -0.05) is 48.5 Å². The van der Waals surface area contributed by atoms with Gasteiger partial charge in [0.2, 0.25) is 0 Å². The lowest BCUT2D eigenvalue weighted by Crippen LogP contribution is -2.34. The fourth-order valence-electron chi connectivity index (χ4n) is 4.06. The minimum Gasteiger partial charge on any atom is -0.497 e. The van der Waals surface area contributed by atoms with Gasteiger partial charge in [-0.15, -0.1) is 0 Å². The van der Waals surface area contributed by atoms with Crippen LogP contribution in [0.15, 0.2) is 82.0 Å². The number of nitrogens with one attached hydrogen (secondary N) is 1. The second-order valence-electron chi connectivity index (χ2n) is 8.40. The maximum Gasteiger partial charge on any atom is 0.255 e. The van der Waals surface area contributed by atoms with Crippen LogP contribution >= 0.6 is 0 Å². The number of benzene rings is 3. The van der Waals surface area contributed by atoms with Crippen molar-refractivity contribution in [3.05, 3.63) is 99.7 Å². The predicted molar refractivity (Wildman–Crippen MR) is 134 cm³/mol. The van der Waals surface area contributed by atoms with Gasteiger partial charge in [-0.05, 0) is 50.8 Å². The van der Waals surface area contributed by atoms with E-state index in [4.69, 9.17) is 9.15 Å². The lowest BCUT2D eigenvalue weighted by molar-refractivity contribution is 0.0942. The average molecular weight is 457 g/mol. The van der Waals surface area contributed by atoms with Crippen LogP contribution in [-0.2, 0) is 0 Å². The van der Waals surface area contributed by atoms with Gasteiger partial charge in [0.05, 0.1) is 24.1 Å². The molecule has 0 aliphatic rings. The topological polar surface area (TPSA) is 71.8 Å². The first-order valence-electron chi connectivity index (χ1n) is 11.1. The number of carbonyl (C=O) groups is 1. The van der Waals surface area contributed by atoms with Gasteiger partial charge in [0.15, 0.2) is 11.0 Å². The maximum atomic E-state index is 13.2. The van der Waals surface area contributed by atoms with E-state index in [1.54, 1.807) is 32.2 Å². The lowest BCUT2D eigenvalue weighted by atomic mass is 10.0. The zero-order valence-corrected chi connectivity index (χ0v) is 19.8. The Morgan fingerprint density at radius 1 is 1.00 bits per heavy atom. The normalized spacial score (nSPS) is 12.0. The molecule has 0 bridgehead atoms. The van der Waals surface area contributed by atoms with E-state index in [-0.39, 0.29) is 17.4 Å². The number of likely N-dealkylation sites (N-methyl/N-ethyl adjacent to an activating group) is 1. The third kappa shape index (κ3) is 4.58. The standard InChI is InChI=1S/C28H28N2O4/c1-18-25(31)22-11-8-12-23(27(22)34-26(18)20-9-6-5-7-10-20)28(32)29-17-24(30(2)3)19-13-15-21(33-4)16-14-19/h5-16,24H,17H2,1-4H3,(H,29,32). The van der Waals surface area contributed by atoms with E-state index in [1.807, 2.05) is 73.6 Å². The highest BCUT2D eigenvalue weighted by Gasteiger charge is 2.20. The Morgan fingerprint density at radius 2 is 1.71 bits per heavy atom. The molecule has 34 heavy (non-hydrogen) atoms. The molecule has 1 unspecified atom stereocenters. The molecule has 4 aromatic rings. The summed E-state index contributed by atoms with van der Waals surface area (Å²) in [5.41, 5.74) is 2.85. The third-order valence-corrected chi connectivity index (χ3v) is 6.01. The Kier molecular flexibility index (Phi) is 6.80. The van der Waals surface area contributed by atoms with Crippen molar-refractivity contribution in [2.45, 2.75) is 13.0 Å². The number of carbonyl (C=O) groups excluding carboxylic acids is 1. The molecule has 0 saturated carbocycles. The molecule has 0 aliphatic carbocycles. The molecule has 0 aliphatic heterocycles. The minimum atomic E-state index is -0.294. The number of hydrogen-bond acceptors (Lipinski definition) is 5. The van der Waals surface area contributed by atoms with Crippen LogP contribution in [0.2, 0.25) is 0 Å². The highest BCUT2D eigenvalue weighted by atomic mass is 16.5. The number of nitrogens with zero attached hydrogens (tertiary/aromatic N) is 1. The molecule has 1 N–H and O–H groups in total. The summed E-state index contributed by atoms with van der Waals surface area (Å²) in [5.74, 6) is 0.959. The number of methoxy groups -OCH3 is 1. The van der Waals surface area contributed by atoms with Gasteiger partial charge in [-0.2, -0.15) is 0 Å². The molecule has 3 aromatic carbocycles. The number of para-hydroxylation sites is 1. The molecule has 6 nitrogen and oxygen atoms in total. The third-order valence-electron chi connectivity index (χ3n) is 6.01. The van der Waals surface area contributed by atoms with Crippen molar-refractivity contribution < 1.29 is 13.9 Å². The Labute approximate surface area is 198 Å². The maximum absolute atomic E-state index is 13.2. The van der Waals surface area contributed by atoms with Crippen molar-refractivity contribution in [2.75, 3.05) is 27.7 Å². The number of fused-ring (bicyclic) bond motifs is 1. The molecule has 1 amide bonds. The second-order valence-corrected chi connectivity index (χ2v) is 8.40. The molecule has 174 valence electrons. The van der Waals surface area contributed by atoms with Crippen molar-refractivity contribution in [1.29, 1.82) is 0 Å². The second kappa shape index (κ2) is 9.93. The van der Waals surface area contributed by atoms with Gasteiger partial charge in [-0.25, -0.2) is 0 Å². The Balaban J connectivity index is 1.66. The zero-order chi connectivity index (χ0) is 24.2. The fraction of sp³-hybridized carbons (Fsp3) is 0.214. The van der Waals surface area contributed by atoms with Gasteiger partial charge in [0, 0.05) is 17.7 Å². The van der Waals surface area contributed by atoms with Crippen LogP contribution in [0.1, 0.15) is 27.5 Å². The van der Waals surface area contributed by atoms with E-state index in [0.29, 0.717) is 34.4 Å². The molecule has 4 rings (SSSR count). The predicted octanol–water partition coefficient (Wildman–Crippen LogP) is 4.81. The van der Waals surface area contributed by atoms with Crippen LogP contribution in [0.4, 0.5) is 0 Å². The van der Waals surface area contributed by atoms with E-state index in [9.17, 15) is 9.59 Å². The molecule has 0 fully saturated rings. The molecular formula is C28H28N2O4. The fourth-order valence-corrected chi connectivity index (χ4v) is 4.06. The lowest BCUT2D eigenvalue weighted by Gasteiger charge is -2.25. The highest BCUT2D eigenvalue weighted by Crippen LogP contribution is 2.27. The monoisotopic (exact) mass is 456 g/mol. The molecule has 0 spiro atoms. The quantitative estimate of drug-likeness (QED) is 0.432. The van der Waals surface area contributed by atoms with Crippen LogP contribution in [0.25, 0.3) is 22.3 Å². The first-order chi connectivity index (χ1) is 16.4. The van der Waals surface area contributed by atoms with Crippen molar-refractivity contribution in [2.24, 2.45) is 0 Å². The Hall–Kier alpha value is -3.90. The largest absolute Gasteiger partial charge is 0.497 e. The Bertz CT molecular complexity index is 1360. The summed E-state index contributed by atoms with van der Waals surface area (Å²) < 4.78 is 11.4. The molecule has 0 radical (unpaired) electrons. The van der Waals surface area contributed by atoms with Crippen LogP contribution in [0.3, 0.4) is 0 Å². The molecule has 6 heteroatoms. The van der Waals surface area contributed by atoms with E-state index in [0.717, 1.165) is 16.9 Å². The smallest absolute Gasteiger partial charge is 0.255 e. The van der Waals surface area contributed by atoms with E-state index in [1.165, 1.54) is 0 Å². The highest BCUT2D eigenvalue weighted by molar-refractivity contribution is 6.05. The summed E-state index contributed by atoms with van der Waals surface area (Å²) in [6.45, 7) is 2.13. The minimum absolute atomic E-state index is 0.0426. The molecule has 1 aromatic heterocycles. The van der Waals surface area contributed by atoms with E-state index < -0.39 is 0 Å². The van der Waals surface area contributed by atoms with Crippen LogP contribution in [-0.4, -0.2) is 38.6 Å². The van der Waals surface area contributed by atoms with Crippen molar-refractivity contribution >= 4 is 16.9 Å². The van der Waals surface area contributed by atoms with Crippen molar-refractivity contribution in [3.63, 3.8) is 0 Å². The zero-order valence-electron chi connectivity index (χ0n) is 19.8. The molecular weight excluding hydrogens is 428 g/mol. The summed E-state index contributed by atoms with van der Waals surface area (Å²) in [4.78, 5) is 28.4. The number of rotatable bonds is 7. The van der Waals surface area contributed by atoms with Gasteiger partial charge in [0.25, 0.3) is 5.91 Å². The summed E-state index contributed by atoms with van der Waals surface area (Å²) in [7, 11) is 5.56. The molecule has 0 saturated heterocycles. The number of hydrogen-bond donors (Lipinski definition) is 1. The summed E-state index contributed by atoms with van der Waals surface area (Å²) in [6, 6.07) is 22.3. The van der Waals surface area contributed by atoms with Crippen LogP contribution < -0.4 is 15.5 Å². The summed E-state index contributed by atoms with van der Waals surface area (Å²) >= 11 is 0. The van der Waals surface area contributed by atoms with Crippen molar-refractivity contribution in [1.82, 2.24) is 10.2 Å². The average Bonchev–Trinajstić information content (AvgIpc) is 2.86. The first kappa shape index (κ1) is 23.3. The van der Waals surface area contributed by atoms with E-state index in [2.05, 4.69) is 5.32 Å². The van der Waals surface area contributed by atoms with E-state index >= 15 is 0 Å². The van der Waals surface area contributed by atoms with Crippen molar-refractivity contribution in [3.8, 4) is 17.1 Å². The first-order valence-corrected chi connectivity index (χ1v) is 11.1. The SMILES string of the molecule is COc1ccc(C(CNC(=O)c2cccc3c(=O)c(C)c(-c4ccccc4)oc23)N(C)C)cc1. The summed E-state index contributed by atoms with van der Waals surface area (Å²) in [6.07, 6.45) is 0. The molecule has 1 atom stereocenters. The Morgan fingerprint density at radius 3 is 2.35 bits per heavy atom. The van der Waals surface area contributed by atoms with Gasteiger partial charge < -0.3 is 19.4 Å². The van der Waals surface area contributed by atoms with Gasteiger partial charge in [-0.3, -0.25) is 9.59 Å².